The highest BCUT2D eigenvalue weighted by atomic mass is 35.5. The summed E-state index contributed by atoms with van der Waals surface area (Å²) in [5, 5.41) is 14.1. The van der Waals surface area contributed by atoms with Crippen molar-refractivity contribution in [3.63, 3.8) is 0 Å². The molecule has 2 bridgehead atoms. The van der Waals surface area contributed by atoms with Gasteiger partial charge in [-0.25, -0.2) is 9.59 Å². The Hall–Kier alpha value is -2.25. The van der Waals surface area contributed by atoms with Crippen molar-refractivity contribution in [2.75, 3.05) is 6.54 Å². The van der Waals surface area contributed by atoms with Crippen LogP contribution in [-0.4, -0.2) is 45.9 Å². The number of amides is 1. The van der Waals surface area contributed by atoms with Gasteiger partial charge in [-0.1, -0.05) is 34.4 Å². The standard InChI is InChI=1S/C20H18Cl2N2O5/c21-12-2-1-3-13(22)15(12)17-16(18(29-23-17)9-4-5-9)19(25)28-14-7-11-6-10(14)8-24(11)20(26)27/h1-3,9-11,14H,4-8H2,(H,26,27)/t10-,11-,14+/m0/s1. The number of esters is 1. The average molecular weight is 437 g/mol. The molecule has 0 radical (unpaired) electrons. The first-order valence-corrected chi connectivity index (χ1v) is 10.3. The molecule has 3 fully saturated rings. The van der Waals surface area contributed by atoms with E-state index < -0.39 is 12.1 Å². The first kappa shape index (κ1) is 18.8. The molecule has 2 aromatic rings. The molecule has 2 heterocycles. The number of fused-ring (bicyclic) bond motifs is 2. The fourth-order valence-electron chi connectivity index (χ4n) is 4.50. The van der Waals surface area contributed by atoms with E-state index in [4.69, 9.17) is 32.5 Å². The van der Waals surface area contributed by atoms with E-state index in [1.165, 1.54) is 4.90 Å². The van der Waals surface area contributed by atoms with Crippen molar-refractivity contribution in [3.05, 3.63) is 39.6 Å². The third kappa shape index (κ3) is 3.16. The van der Waals surface area contributed by atoms with Crippen molar-refractivity contribution in [3.8, 4) is 11.3 Å². The molecule has 5 rings (SSSR count). The molecule has 0 spiro atoms. The number of hydrogen-bond acceptors (Lipinski definition) is 5. The zero-order valence-corrected chi connectivity index (χ0v) is 16.8. The summed E-state index contributed by atoms with van der Waals surface area (Å²) in [5.41, 5.74) is 1.02. The van der Waals surface area contributed by atoms with Gasteiger partial charge in [-0.15, -0.1) is 0 Å². The molecule has 1 aromatic carbocycles. The Morgan fingerprint density at radius 2 is 1.93 bits per heavy atom. The summed E-state index contributed by atoms with van der Waals surface area (Å²) in [6.07, 6.45) is 1.83. The van der Waals surface area contributed by atoms with Gasteiger partial charge in [-0.05, 0) is 31.4 Å². The molecule has 2 saturated carbocycles. The van der Waals surface area contributed by atoms with E-state index in [1.807, 2.05) is 0 Å². The van der Waals surface area contributed by atoms with Crippen LogP contribution in [0.15, 0.2) is 22.7 Å². The van der Waals surface area contributed by atoms with Gasteiger partial charge < -0.3 is 19.3 Å². The minimum Gasteiger partial charge on any atom is -0.465 e. The Morgan fingerprint density at radius 3 is 2.52 bits per heavy atom. The molecule has 3 atom stereocenters. The normalized spacial score (nSPS) is 25.4. The minimum atomic E-state index is -0.923. The fraction of sp³-hybridized carbons (Fsp3) is 0.450. The monoisotopic (exact) mass is 436 g/mol. The molecule has 1 aliphatic heterocycles. The molecule has 29 heavy (non-hydrogen) atoms. The first-order chi connectivity index (χ1) is 13.9. The predicted molar refractivity (Wildman–Crippen MR) is 104 cm³/mol. The van der Waals surface area contributed by atoms with Crippen LogP contribution >= 0.6 is 23.2 Å². The maximum atomic E-state index is 13.2. The molecular weight excluding hydrogens is 419 g/mol. The zero-order valence-electron chi connectivity index (χ0n) is 15.3. The van der Waals surface area contributed by atoms with E-state index in [-0.39, 0.29) is 29.5 Å². The van der Waals surface area contributed by atoms with E-state index in [0.717, 1.165) is 12.8 Å². The quantitative estimate of drug-likeness (QED) is 0.690. The van der Waals surface area contributed by atoms with Crippen LogP contribution in [0.2, 0.25) is 10.0 Å². The van der Waals surface area contributed by atoms with Gasteiger partial charge in [-0.3, -0.25) is 0 Å². The minimum absolute atomic E-state index is 0.0108. The largest absolute Gasteiger partial charge is 0.465 e. The average Bonchev–Trinajstić information content (AvgIpc) is 3.11. The van der Waals surface area contributed by atoms with Crippen LogP contribution in [0.1, 0.15) is 47.7 Å². The summed E-state index contributed by atoms with van der Waals surface area (Å²) in [4.78, 5) is 25.9. The number of carboxylic acid groups (broad SMARTS) is 1. The molecule has 7 nitrogen and oxygen atoms in total. The van der Waals surface area contributed by atoms with Gasteiger partial charge in [0.15, 0.2) is 5.76 Å². The van der Waals surface area contributed by atoms with Crippen molar-refractivity contribution in [1.29, 1.82) is 0 Å². The lowest BCUT2D eigenvalue weighted by molar-refractivity contribution is 0.00858. The van der Waals surface area contributed by atoms with Crippen LogP contribution in [0.25, 0.3) is 11.3 Å². The van der Waals surface area contributed by atoms with E-state index in [0.29, 0.717) is 46.4 Å². The number of likely N-dealkylation sites (tertiary alicyclic amines) is 1. The topological polar surface area (TPSA) is 92.9 Å². The Balaban J connectivity index is 1.44. The number of ether oxygens (including phenoxy) is 1. The van der Waals surface area contributed by atoms with Gasteiger partial charge in [-0.2, -0.15) is 0 Å². The summed E-state index contributed by atoms with van der Waals surface area (Å²) in [6.45, 7) is 0.389. The number of carbonyl (C=O) groups is 2. The van der Waals surface area contributed by atoms with Crippen LogP contribution in [-0.2, 0) is 4.74 Å². The highest BCUT2D eigenvalue weighted by molar-refractivity contribution is 6.39. The summed E-state index contributed by atoms with van der Waals surface area (Å²) < 4.78 is 11.4. The Morgan fingerprint density at radius 1 is 1.21 bits per heavy atom. The van der Waals surface area contributed by atoms with E-state index in [9.17, 15) is 14.7 Å². The summed E-state index contributed by atoms with van der Waals surface area (Å²) >= 11 is 12.7. The lowest BCUT2D eigenvalue weighted by Crippen LogP contribution is -2.42. The van der Waals surface area contributed by atoms with Crippen LogP contribution in [0, 0.1) is 5.92 Å². The van der Waals surface area contributed by atoms with Gasteiger partial charge in [0.1, 0.15) is 17.4 Å². The molecule has 1 amide bonds. The third-order valence-electron chi connectivity index (χ3n) is 6.05. The number of rotatable bonds is 4. The molecule has 152 valence electrons. The van der Waals surface area contributed by atoms with Crippen molar-refractivity contribution in [2.24, 2.45) is 5.92 Å². The Kier molecular flexibility index (Phi) is 4.47. The molecule has 2 aliphatic carbocycles. The number of nitrogens with zero attached hydrogens (tertiary/aromatic N) is 2. The SMILES string of the molecule is O=C(O[C@@H]1C[C@@H]2C[C@H]1CN2C(=O)O)c1c(-c2c(Cl)cccc2Cl)noc1C1CC1. The number of hydrogen-bond donors (Lipinski definition) is 1. The number of piperidine rings is 1. The molecule has 9 heteroatoms. The third-order valence-corrected chi connectivity index (χ3v) is 6.68. The van der Waals surface area contributed by atoms with Crippen molar-refractivity contribution < 1.29 is 24.0 Å². The number of aromatic nitrogens is 1. The molecular formula is C20H18Cl2N2O5. The van der Waals surface area contributed by atoms with Crippen LogP contribution in [0.4, 0.5) is 4.79 Å². The zero-order chi connectivity index (χ0) is 20.3. The van der Waals surface area contributed by atoms with Gasteiger partial charge in [0.25, 0.3) is 0 Å². The van der Waals surface area contributed by atoms with E-state index in [2.05, 4.69) is 5.16 Å². The highest BCUT2D eigenvalue weighted by Crippen LogP contribution is 2.47. The molecule has 1 saturated heterocycles. The summed E-state index contributed by atoms with van der Waals surface area (Å²) in [6, 6.07) is 4.98. The second kappa shape index (κ2) is 6.92. The lowest BCUT2D eigenvalue weighted by Gasteiger charge is -2.29. The van der Waals surface area contributed by atoms with Crippen LogP contribution in [0.3, 0.4) is 0 Å². The predicted octanol–water partition coefficient (Wildman–Crippen LogP) is 4.82. The second-order valence-electron chi connectivity index (χ2n) is 7.91. The van der Waals surface area contributed by atoms with Gasteiger partial charge >= 0.3 is 12.1 Å². The van der Waals surface area contributed by atoms with Crippen LogP contribution < -0.4 is 0 Å². The Bertz CT molecular complexity index is 983. The first-order valence-electron chi connectivity index (χ1n) is 9.58. The van der Waals surface area contributed by atoms with Crippen molar-refractivity contribution in [2.45, 2.75) is 43.7 Å². The van der Waals surface area contributed by atoms with Crippen molar-refractivity contribution >= 4 is 35.3 Å². The molecule has 3 aliphatic rings. The van der Waals surface area contributed by atoms with Gasteiger partial charge in [0.05, 0.1) is 10.0 Å². The Labute approximate surface area is 176 Å². The van der Waals surface area contributed by atoms with E-state index >= 15 is 0 Å². The second-order valence-corrected chi connectivity index (χ2v) is 8.72. The van der Waals surface area contributed by atoms with E-state index in [1.54, 1.807) is 18.2 Å². The summed E-state index contributed by atoms with van der Waals surface area (Å²) in [7, 11) is 0. The number of benzene rings is 1. The highest BCUT2D eigenvalue weighted by Gasteiger charge is 2.49. The maximum absolute atomic E-state index is 13.2. The van der Waals surface area contributed by atoms with Gasteiger partial charge in [0, 0.05) is 36.4 Å². The van der Waals surface area contributed by atoms with Crippen molar-refractivity contribution in [1.82, 2.24) is 10.1 Å². The fourth-order valence-corrected chi connectivity index (χ4v) is 5.08. The number of carbonyl (C=O) groups excluding carboxylic acids is 1. The van der Waals surface area contributed by atoms with Gasteiger partial charge in [0.2, 0.25) is 0 Å². The molecule has 1 aromatic heterocycles. The smallest absolute Gasteiger partial charge is 0.407 e. The number of halogens is 2. The lowest BCUT2D eigenvalue weighted by atomic mass is 10.0. The molecule has 0 unspecified atom stereocenters. The molecule has 1 N–H and O–H groups in total. The maximum Gasteiger partial charge on any atom is 0.407 e. The summed E-state index contributed by atoms with van der Waals surface area (Å²) in [5.74, 6) is 0.147. The van der Waals surface area contributed by atoms with Crippen LogP contribution in [0.5, 0.6) is 0 Å².